The summed E-state index contributed by atoms with van der Waals surface area (Å²) in [6.45, 7) is 7.48. The van der Waals surface area contributed by atoms with E-state index in [-0.39, 0.29) is 12.3 Å². The van der Waals surface area contributed by atoms with E-state index < -0.39 is 17.8 Å². The van der Waals surface area contributed by atoms with Gasteiger partial charge in [0.2, 0.25) is 11.7 Å². The number of halogens is 3. The lowest BCUT2D eigenvalue weighted by molar-refractivity contribution is -0.153. The molecular weight excluding hydrogens is 521 g/mol. The van der Waals surface area contributed by atoms with Crippen LogP contribution in [0.3, 0.4) is 0 Å². The normalized spacial score (nSPS) is 11.8. The summed E-state index contributed by atoms with van der Waals surface area (Å²) in [5.41, 5.74) is 13.6. The number of hydrogen-bond donors (Lipinski definition) is 1. The third kappa shape index (κ3) is 6.94. The summed E-state index contributed by atoms with van der Waals surface area (Å²) < 4.78 is 44.6. The fraction of sp³-hybridized carbons (Fsp3) is 0.258. The van der Waals surface area contributed by atoms with Gasteiger partial charge in [0.25, 0.3) is 0 Å². The smallest absolute Gasteiger partial charge is 0.449 e. The lowest BCUT2D eigenvalue weighted by Gasteiger charge is -2.24. The molecule has 0 saturated heterocycles. The largest absolute Gasteiger partial charge is 0.455 e. The van der Waals surface area contributed by atoms with E-state index in [4.69, 9.17) is 10.2 Å². The molecule has 4 aromatic rings. The predicted octanol–water partition coefficient (Wildman–Crippen LogP) is 7.91. The molecule has 2 N–H and O–H groups in total. The Hall–Kier alpha value is -3.49. The van der Waals surface area contributed by atoms with Crippen LogP contribution in [0.15, 0.2) is 76.0 Å². The van der Waals surface area contributed by atoms with Gasteiger partial charge < -0.3 is 10.2 Å². The molecule has 0 spiro atoms. The fourth-order valence-electron chi connectivity index (χ4n) is 4.82. The van der Waals surface area contributed by atoms with Crippen molar-refractivity contribution in [3.8, 4) is 11.1 Å². The van der Waals surface area contributed by atoms with Crippen LogP contribution < -0.4 is 5.73 Å². The summed E-state index contributed by atoms with van der Waals surface area (Å²) in [5.74, 6) is -1.18. The van der Waals surface area contributed by atoms with Crippen LogP contribution in [0.25, 0.3) is 11.1 Å². The number of carbonyl (C=O) groups excluding carboxylic acids is 1. The lowest BCUT2D eigenvalue weighted by atomic mass is 9.99. The highest BCUT2D eigenvalue weighted by Gasteiger charge is 2.34. The molecule has 8 heteroatoms. The van der Waals surface area contributed by atoms with Crippen molar-refractivity contribution in [1.29, 1.82) is 0 Å². The average Bonchev–Trinajstić information content (AvgIpc) is 3.35. The molecule has 0 aliphatic heterocycles. The third-order valence-electron chi connectivity index (χ3n) is 6.70. The molecule has 4 nitrogen and oxygen atoms in total. The topological polar surface area (TPSA) is 59.5 Å². The first kappa shape index (κ1) is 28.5. The Balaban J connectivity index is 1.60. The number of benzene rings is 3. The van der Waals surface area contributed by atoms with Crippen molar-refractivity contribution in [1.82, 2.24) is 4.90 Å². The Morgan fingerprint density at radius 3 is 2.08 bits per heavy atom. The summed E-state index contributed by atoms with van der Waals surface area (Å²) >= 11 is 1.47. The van der Waals surface area contributed by atoms with Crippen molar-refractivity contribution in [2.24, 2.45) is 5.73 Å². The van der Waals surface area contributed by atoms with Gasteiger partial charge in [-0.2, -0.15) is 13.2 Å². The number of aryl methyl sites for hydroxylation is 3. The number of nitrogens with two attached hydrogens (primary N) is 1. The second-order valence-corrected chi connectivity index (χ2v) is 10.6. The quantitative estimate of drug-likeness (QED) is 0.214. The molecule has 0 aliphatic carbocycles. The summed E-state index contributed by atoms with van der Waals surface area (Å²) in [6, 6.07) is 20.2. The molecular formula is C31H31F3N2O2S. The van der Waals surface area contributed by atoms with Crippen molar-refractivity contribution in [3.05, 3.63) is 112 Å². The molecule has 1 aromatic heterocycles. The van der Waals surface area contributed by atoms with E-state index in [1.165, 1.54) is 23.4 Å². The molecule has 0 bridgehead atoms. The molecule has 0 fully saturated rings. The number of thioether (sulfide) groups is 1. The Bertz CT molecular complexity index is 1450. The van der Waals surface area contributed by atoms with Crippen LogP contribution in [0, 0.1) is 20.8 Å². The average molecular weight is 553 g/mol. The molecule has 204 valence electrons. The van der Waals surface area contributed by atoms with Crippen molar-refractivity contribution < 1.29 is 22.4 Å². The van der Waals surface area contributed by atoms with Gasteiger partial charge in [-0.1, -0.05) is 48.0 Å². The standard InChI is InChI=1S/C31H31F3N2O2S/c1-19-13-20(2)27(21(3)14-19)18-36(17-25-10-12-29(38-25)31(32,33)34)16-22-5-7-23(8-6-22)24-9-11-26(30(35)37)28(15-24)39-4/h5-15H,16-18H2,1-4H3,(H2,35,37). The molecule has 0 radical (unpaired) electrons. The molecule has 1 heterocycles. The van der Waals surface area contributed by atoms with Crippen LogP contribution >= 0.6 is 11.8 Å². The van der Waals surface area contributed by atoms with Gasteiger partial charge in [0.1, 0.15) is 5.76 Å². The van der Waals surface area contributed by atoms with Crippen LogP contribution in [-0.4, -0.2) is 17.1 Å². The molecule has 3 aromatic carbocycles. The van der Waals surface area contributed by atoms with Gasteiger partial charge in [-0.15, -0.1) is 11.8 Å². The van der Waals surface area contributed by atoms with Crippen LogP contribution in [0.1, 0.15) is 49.7 Å². The molecule has 0 atom stereocenters. The number of primary amides is 1. The first-order valence-electron chi connectivity index (χ1n) is 12.5. The number of rotatable bonds is 9. The molecule has 39 heavy (non-hydrogen) atoms. The highest BCUT2D eigenvalue weighted by molar-refractivity contribution is 7.98. The Kier molecular flexibility index (Phi) is 8.57. The predicted molar refractivity (Wildman–Crippen MR) is 149 cm³/mol. The molecule has 4 rings (SSSR count). The van der Waals surface area contributed by atoms with E-state index in [0.717, 1.165) is 44.3 Å². The molecule has 0 unspecified atom stereocenters. The second-order valence-electron chi connectivity index (χ2n) is 9.76. The summed E-state index contributed by atoms with van der Waals surface area (Å²) in [4.78, 5) is 14.6. The van der Waals surface area contributed by atoms with Crippen molar-refractivity contribution >= 4 is 17.7 Å². The van der Waals surface area contributed by atoms with E-state index in [1.54, 1.807) is 6.07 Å². The Morgan fingerprint density at radius 1 is 0.872 bits per heavy atom. The minimum Gasteiger partial charge on any atom is -0.455 e. The van der Waals surface area contributed by atoms with Gasteiger partial charge in [0, 0.05) is 18.0 Å². The monoisotopic (exact) mass is 552 g/mol. The van der Waals surface area contributed by atoms with Crippen LogP contribution in [-0.2, 0) is 25.8 Å². The van der Waals surface area contributed by atoms with Crippen LogP contribution in [0.5, 0.6) is 0 Å². The van der Waals surface area contributed by atoms with Crippen LogP contribution in [0.2, 0.25) is 0 Å². The minimum absolute atomic E-state index is 0.232. The third-order valence-corrected chi connectivity index (χ3v) is 7.48. The number of carbonyl (C=O) groups is 1. The first-order chi connectivity index (χ1) is 18.4. The van der Waals surface area contributed by atoms with Crippen molar-refractivity contribution in [2.75, 3.05) is 6.26 Å². The first-order valence-corrected chi connectivity index (χ1v) is 13.7. The molecule has 1 amide bonds. The lowest BCUT2D eigenvalue weighted by Crippen LogP contribution is -2.23. The highest BCUT2D eigenvalue weighted by Crippen LogP contribution is 2.32. The van der Waals surface area contributed by atoms with E-state index >= 15 is 0 Å². The Morgan fingerprint density at radius 2 is 1.51 bits per heavy atom. The van der Waals surface area contributed by atoms with E-state index in [1.807, 2.05) is 49.6 Å². The maximum absolute atomic E-state index is 13.1. The fourth-order valence-corrected chi connectivity index (χ4v) is 5.45. The van der Waals surface area contributed by atoms with Crippen LogP contribution in [0.4, 0.5) is 13.2 Å². The van der Waals surface area contributed by atoms with E-state index in [2.05, 4.69) is 30.9 Å². The summed E-state index contributed by atoms with van der Waals surface area (Å²) in [5, 5.41) is 0. The zero-order valence-corrected chi connectivity index (χ0v) is 23.2. The number of furan rings is 1. The summed E-state index contributed by atoms with van der Waals surface area (Å²) in [7, 11) is 0. The van der Waals surface area contributed by atoms with Gasteiger partial charge in [-0.05, 0) is 84.7 Å². The Labute approximate surface area is 231 Å². The number of amides is 1. The van der Waals surface area contributed by atoms with Gasteiger partial charge in [0.05, 0.1) is 12.1 Å². The van der Waals surface area contributed by atoms with Crippen molar-refractivity contribution in [3.63, 3.8) is 0 Å². The minimum atomic E-state index is -4.52. The van der Waals surface area contributed by atoms with Gasteiger partial charge in [-0.3, -0.25) is 9.69 Å². The SMILES string of the molecule is CSc1cc(-c2ccc(CN(Cc3ccc(C(F)(F)F)o3)Cc3c(C)cc(C)cc3C)cc2)ccc1C(N)=O. The number of alkyl halides is 3. The maximum Gasteiger partial charge on any atom is 0.449 e. The molecule has 0 saturated carbocycles. The second kappa shape index (κ2) is 11.7. The van der Waals surface area contributed by atoms with Gasteiger partial charge in [0.15, 0.2) is 0 Å². The summed E-state index contributed by atoms with van der Waals surface area (Å²) in [6.07, 6.45) is -2.62. The number of hydrogen-bond acceptors (Lipinski definition) is 4. The zero-order chi connectivity index (χ0) is 28.3. The maximum atomic E-state index is 13.1. The number of nitrogens with zero attached hydrogens (tertiary/aromatic N) is 1. The zero-order valence-electron chi connectivity index (χ0n) is 22.4. The molecule has 0 aliphatic rings. The van der Waals surface area contributed by atoms with Crippen molar-refractivity contribution in [2.45, 2.75) is 51.5 Å². The van der Waals surface area contributed by atoms with E-state index in [0.29, 0.717) is 18.7 Å². The highest BCUT2D eigenvalue weighted by atomic mass is 32.2. The van der Waals surface area contributed by atoms with Gasteiger partial charge >= 0.3 is 6.18 Å². The van der Waals surface area contributed by atoms with E-state index in [9.17, 15) is 18.0 Å². The van der Waals surface area contributed by atoms with Gasteiger partial charge in [-0.25, -0.2) is 0 Å².